The van der Waals surface area contributed by atoms with Crippen molar-refractivity contribution in [1.82, 2.24) is 10.6 Å². The second kappa shape index (κ2) is 6.06. The van der Waals surface area contributed by atoms with Crippen LogP contribution in [0.25, 0.3) is 11.1 Å². The van der Waals surface area contributed by atoms with Gasteiger partial charge in [-0.2, -0.15) is 0 Å². The highest BCUT2D eigenvalue weighted by Gasteiger charge is 2.21. The van der Waals surface area contributed by atoms with Crippen molar-refractivity contribution in [3.63, 3.8) is 0 Å². The Morgan fingerprint density at radius 3 is 2.57 bits per heavy atom. The van der Waals surface area contributed by atoms with Gasteiger partial charge in [0.25, 0.3) is 0 Å². The Hall–Kier alpha value is -2.20. The van der Waals surface area contributed by atoms with E-state index in [4.69, 9.17) is 0 Å². The van der Waals surface area contributed by atoms with Crippen molar-refractivity contribution in [2.75, 3.05) is 13.1 Å². The maximum Gasteiger partial charge on any atom is 0.237 e. The number of amides is 1. The standard InChI is InChI=1S/C17H17FN2O/c18-15-6-2-5-14(11-15)13-4-1-3-12(9-13)10-16-17(21)20-8-7-19-16/h1-6,9,11,16,19H,7-8,10H2,(H,20,21)/t16-/m0/s1. The van der Waals surface area contributed by atoms with E-state index in [0.717, 1.165) is 23.2 Å². The van der Waals surface area contributed by atoms with Crippen molar-refractivity contribution in [2.24, 2.45) is 0 Å². The van der Waals surface area contributed by atoms with E-state index in [0.29, 0.717) is 13.0 Å². The van der Waals surface area contributed by atoms with Gasteiger partial charge in [-0.3, -0.25) is 4.79 Å². The van der Waals surface area contributed by atoms with Crippen LogP contribution in [-0.2, 0) is 11.2 Å². The Labute approximate surface area is 123 Å². The molecular formula is C17H17FN2O. The van der Waals surface area contributed by atoms with Crippen LogP contribution in [-0.4, -0.2) is 25.0 Å². The van der Waals surface area contributed by atoms with Gasteiger partial charge in [-0.25, -0.2) is 4.39 Å². The van der Waals surface area contributed by atoms with Crippen molar-refractivity contribution in [2.45, 2.75) is 12.5 Å². The maximum absolute atomic E-state index is 13.3. The summed E-state index contributed by atoms with van der Waals surface area (Å²) in [4.78, 5) is 11.8. The van der Waals surface area contributed by atoms with Crippen LogP contribution >= 0.6 is 0 Å². The molecule has 3 nitrogen and oxygen atoms in total. The zero-order valence-electron chi connectivity index (χ0n) is 11.6. The van der Waals surface area contributed by atoms with Gasteiger partial charge in [0.1, 0.15) is 5.82 Å². The molecule has 0 aliphatic carbocycles. The average Bonchev–Trinajstić information content (AvgIpc) is 2.50. The van der Waals surface area contributed by atoms with Crippen molar-refractivity contribution in [3.05, 3.63) is 59.9 Å². The van der Waals surface area contributed by atoms with Gasteiger partial charge in [0, 0.05) is 13.1 Å². The lowest BCUT2D eigenvalue weighted by atomic mass is 9.98. The summed E-state index contributed by atoms with van der Waals surface area (Å²) < 4.78 is 13.3. The van der Waals surface area contributed by atoms with Crippen LogP contribution in [0.5, 0.6) is 0 Å². The average molecular weight is 284 g/mol. The van der Waals surface area contributed by atoms with Crippen LogP contribution in [0.2, 0.25) is 0 Å². The Balaban J connectivity index is 1.81. The molecule has 0 saturated carbocycles. The number of carbonyl (C=O) groups excluding carboxylic acids is 1. The normalized spacial score (nSPS) is 18.3. The molecule has 4 heteroatoms. The fourth-order valence-corrected chi connectivity index (χ4v) is 2.59. The fraction of sp³-hybridized carbons (Fsp3) is 0.235. The number of nitrogens with one attached hydrogen (secondary N) is 2. The van der Waals surface area contributed by atoms with Crippen molar-refractivity contribution < 1.29 is 9.18 Å². The fourth-order valence-electron chi connectivity index (χ4n) is 2.59. The lowest BCUT2D eigenvalue weighted by molar-refractivity contribution is -0.124. The maximum atomic E-state index is 13.3. The molecule has 0 unspecified atom stereocenters. The topological polar surface area (TPSA) is 41.1 Å². The molecule has 0 bridgehead atoms. The van der Waals surface area contributed by atoms with Crippen molar-refractivity contribution in [3.8, 4) is 11.1 Å². The minimum Gasteiger partial charge on any atom is -0.353 e. The number of halogens is 1. The molecule has 2 aromatic carbocycles. The summed E-state index contributed by atoms with van der Waals surface area (Å²) in [7, 11) is 0. The highest BCUT2D eigenvalue weighted by Crippen LogP contribution is 2.22. The van der Waals surface area contributed by atoms with Gasteiger partial charge in [0.15, 0.2) is 0 Å². The Morgan fingerprint density at radius 2 is 1.81 bits per heavy atom. The molecule has 21 heavy (non-hydrogen) atoms. The molecule has 3 rings (SSSR count). The van der Waals surface area contributed by atoms with Crippen LogP contribution in [0.15, 0.2) is 48.5 Å². The monoisotopic (exact) mass is 284 g/mol. The summed E-state index contributed by atoms with van der Waals surface area (Å²) in [6.07, 6.45) is 0.634. The molecule has 1 aliphatic rings. The Kier molecular flexibility index (Phi) is 3.97. The first kappa shape index (κ1) is 13.8. The summed E-state index contributed by atoms with van der Waals surface area (Å²) in [5.74, 6) is -0.205. The summed E-state index contributed by atoms with van der Waals surface area (Å²) in [5, 5.41) is 6.07. The number of rotatable bonds is 3. The predicted molar refractivity (Wildman–Crippen MR) is 80.3 cm³/mol. The van der Waals surface area contributed by atoms with E-state index >= 15 is 0 Å². The highest BCUT2D eigenvalue weighted by atomic mass is 19.1. The molecule has 0 aromatic heterocycles. The number of hydrogen-bond acceptors (Lipinski definition) is 2. The molecule has 1 saturated heterocycles. The quantitative estimate of drug-likeness (QED) is 0.906. The molecule has 1 fully saturated rings. The third-order valence-corrected chi connectivity index (χ3v) is 3.66. The van der Waals surface area contributed by atoms with E-state index in [2.05, 4.69) is 10.6 Å². The van der Waals surface area contributed by atoms with Gasteiger partial charge >= 0.3 is 0 Å². The third kappa shape index (κ3) is 3.28. The van der Waals surface area contributed by atoms with Crippen LogP contribution in [0.3, 0.4) is 0 Å². The van der Waals surface area contributed by atoms with Gasteiger partial charge in [-0.15, -0.1) is 0 Å². The zero-order chi connectivity index (χ0) is 14.7. The van der Waals surface area contributed by atoms with Crippen LogP contribution in [0, 0.1) is 5.82 Å². The minimum absolute atomic E-state index is 0.0393. The minimum atomic E-state index is -0.244. The van der Waals surface area contributed by atoms with E-state index in [9.17, 15) is 9.18 Å². The Bertz CT molecular complexity index is 657. The first-order valence-corrected chi connectivity index (χ1v) is 7.08. The molecular weight excluding hydrogens is 267 g/mol. The summed E-state index contributed by atoms with van der Waals surface area (Å²) in [6, 6.07) is 14.2. The van der Waals surface area contributed by atoms with Crippen LogP contribution in [0.4, 0.5) is 4.39 Å². The number of carbonyl (C=O) groups is 1. The molecule has 2 aromatic rings. The molecule has 1 amide bonds. The van der Waals surface area contributed by atoms with Gasteiger partial charge in [0.05, 0.1) is 6.04 Å². The first-order valence-electron chi connectivity index (χ1n) is 7.08. The Morgan fingerprint density at radius 1 is 1.05 bits per heavy atom. The predicted octanol–water partition coefficient (Wildman–Crippen LogP) is 2.12. The number of hydrogen-bond donors (Lipinski definition) is 2. The number of piperazine rings is 1. The molecule has 2 N–H and O–H groups in total. The summed E-state index contributed by atoms with van der Waals surface area (Å²) in [6.45, 7) is 1.47. The van der Waals surface area contributed by atoms with Gasteiger partial charge < -0.3 is 10.6 Å². The van der Waals surface area contributed by atoms with Crippen LogP contribution < -0.4 is 10.6 Å². The van der Waals surface area contributed by atoms with Gasteiger partial charge in [-0.1, -0.05) is 36.4 Å². The van der Waals surface area contributed by atoms with E-state index in [1.54, 1.807) is 6.07 Å². The van der Waals surface area contributed by atoms with Crippen molar-refractivity contribution in [1.29, 1.82) is 0 Å². The summed E-state index contributed by atoms with van der Waals surface area (Å²) >= 11 is 0. The highest BCUT2D eigenvalue weighted by molar-refractivity contribution is 5.82. The second-order valence-electron chi connectivity index (χ2n) is 5.21. The van der Waals surface area contributed by atoms with E-state index in [1.165, 1.54) is 12.1 Å². The SMILES string of the molecule is O=C1NCCN[C@H]1Cc1cccc(-c2cccc(F)c2)c1. The molecule has 0 spiro atoms. The van der Waals surface area contributed by atoms with Gasteiger partial charge in [0.2, 0.25) is 5.91 Å². The molecule has 1 heterocycles. The summed E-state index contributed by atoms with van der Waals surface area (Å²) in [5.41, 5.74) is 2.87. The zero-order valence-corrected chi connectivity index (χ0v) is 11.6. The first-order chi connectivity index (χ1) is 10.2. The van der Waals surface area contributed by atoms with Gasteiger partial charge in [-0.05, 0) is 35.2 Å². The third-order valence-electron chi connectivity index (χ3n) is 3.66. The van der Waals surface area contributed by atoms with E-state index in [-0.39, 0.29) is 17.8 Å². The molecule has 1 atom stereocenters. The second-order valence-corrected chi connectivity index (χ2v) is 5.21. The molecule has 0 radical (unpaired) electrons. The van der Waals surface area contributed by atoms with E-state index < -0.39 is 0 Å². The smallest absolute Gasteiger partial charge is 0.237 e. The van der Waals surface area contributed by atoms with Crippen LogP contribution in [0.1, 0.15) is 5.56 Å². The lowest BCUT2D eigenvalue weighted by Gasteiger charge is -2.23. The number of benzene rings is 2. The largest absolute Gasteiger partial charge is 0.353 e. The molecule has 1 aliphatic heterocycles. The van der Waals surface area contributed by atoms with E-state index in [1.807, 2.05) is 30.3 Å². The van der Waals surface area contributed by atoms with Crippen molar-refractivity contribution >= 4 is 5.91 Å². The molecule has 108 valence electrons. The lowest BCUT2D eigenvalue weighted by Crippen LogP contribution is -2.53.